The van der Waals surface area contributed by atoms with Gasteiger partial charge in [-0.1, -0.05) is 37.3 Å². The summed E-state index contributed by atoms with van der Waals surface area (Å²) in [6.45, 7) is 3.75. The summed E-state index contributed by atoms with van der Waals surface area (Å²) in [6, 6.07) is 17.4. The number of allylic oxidation sites excluding steroid dienone is 1. The van der Waals surface area contributed by atoms with E-state index in [9.17, 15) is 4.79 Å². The molecule has 0 unspecified atom stereocenters. The number of para-hydroxylation sites is 1. The zero-order valence-corrected chi connectivity index (χ0v) is 17.9. The Morgan fingerprint density at radius 2 is 1.94 bits per heavy atom. The van der Waals surface area contributed by atoms with E-state index in [4.69, 9.17) is 19.7 Å². The van der Waals surface area contributed by atoms with E-state index < -0.39 is 12.1 Å². The fourth-order valence-corrected chi connectivity index (χ4v) is 4.12. The third kappa shape index (κ3) is 4.15. The highest BCUT2D eigenvalue weighted by atomic mass is 16.5. The first-order valence-electron chi connectivity index (χ1n) is 10.4. The van der Waals surface area contributed by atoms with Crippen molar-refractivity contribution in [2.24, 2.45) is 5.92 Å². The van der Waals surface area contributed by atoms with Crippen LogP contribution in [-0.2, 0) is 11.2 Å². The molecule has 2 aromatic carbocycles. The van der Waals surface area contributed by atoms with Gasteiger partial charge >= 0.3 is 5.97 Å². The monoisotopic (exact) mass is 412 g/mol. The van der Waals surface area contributed by atoms with E-state index in [0.29, 0.717) is 11.5 Å². The van der Waals surface area contributed by atoms with Gasteiger partial charge in [0.25, 0.3) is 0 Å². The lowest BCUT2D eigenvalue weighted by molar-refractivity contribution is 0.0436. The molecule has 0 saturated carbocycles. The summed E-state index contributed by atoms with van der Waals surface area (Å²) >= 11 is 0. The summed E-state index contributed by atoms with van der Waals surface area (Å²) in [7, 11) is 1.65. The Kier molecular flexibility index (Phi) is 5.73. The highest BCUT2D eigenvalue weighted by Gasteiger charge is 2.29. The highest BCUT2D eigenvalue weighted by molar-refractivity contribution is 6.06. The molecule has 1 aliphatic carbocycles. The molecule has 0 amide bonds. The van der Waals surface area contributed by atoms with Gasteiger partial charge in [0.15, 0.2) is 6.10 Å². The van der Waals surface area contributed by atoms with Crippen LogP contribution in [0.25, 0.3) is 22.6 Å². The molecule has 1 heterocycles. The number of carbonyl (C=O) groups is 1. The molecule has 0 spiro atoms. The number of hydrogen-bond donors (Lipinski definition) is 0. The van der Waals surface area contributed by atoms with Crippen LogP contribution in [0.1, 0.15) is 47.4 Å². The van der Waals surface area contributed by atoms with E-state index in [2.05, 4.69) is 13.0 Å². The standard InChI is InChI=1S/C26H24N2O3/c1-16-12-19(14-18-8-10-20(30-3)11-9-18)25-22(13-16)24(26(29)31-17(2)15-27)21-6-4-5-7-23(21)28-25/h4-11,14,16-17H,12-13H2,1-3H3/b19-14+/t16-,17+/m0/s1. The van der Waals surface area contributed by atoms with Crippen molar-refractivity contribution in [2.75, 3.05) is 7.11 Å². The second-order valence-corrected chi connectivity index (χ2v) is 7.96. The molecule has 2 atom stereocenters. The molecular formula is C26H24N2O3. The molecule has 0 aliphatic heterocycles. The average molecular weight is 412 g/mol. The molecular weight excluding hydrogens is 388 g/mol. The predicted molar refractivity (Wildman–Crippen MR) is 121 cm³/mol. The van der Waals surface area contributed by atoms with Crippen LogP contribution in [0.2, 0.25) is 0 Å². The minimum Gasteiger partial charge on any atom is -0.497 e. The van der Waals surface area contributed by atoms with Crippen LogP contribution in [0.3, 0.4) is 0 Å². The molecule has 5 heteroatoms. The predicted octanol–water partition coefficient (Wildman–Crippen LogP) is 5.44. The van der Waals surface area contributed by atoms with Crippen molar-refractivity contribution in [3.63, 3.8) is 0 Å². The molecule has 3 aromatic rings. The van der Waals surface area contributed by atoms with Gasteiger partial charge in [-0.15, -0.1) is 0 Å². The Balaban J connectivity index is 1.90. The molecule has 156 valence electrons. The first-order chi connectivity index (χ1) is 15.0. The van der Waals surface area contributed by atoms with Crippen molar-refractivity contribution in [2.45, 2.75) is 32.8 Å². The van der Waals surface area contributed by atoms with Crippen molar-refractivity contribution in [3.8, 4) is 11.8 Å². The number of fused-ring (bicyclic) bond motifs is 2. The van der Waals surface area contributed by atoms with Gasteiger partial charge in [0, 0.05) is 5.39 Å². The fourth-order valence-electron chi connectivity index (χ4n) is 4.12. The summed E-state index contributed by atoms with van der Waals surface area (Å²) in [6.07, 6.45) is 2.92. The Labute approximate surface area is 181 Å². The Bertz CT molecular complexity index is 1210. The van der Waals surface area contributed by atoms with Crippen molar-refractivity contribution in [3.05, 3.63) is 70.9 Å². The fraction of sp³-hybridized carbons (Fsp3) is 0.269. The molecule has 5 nitrogen and oxygen atoms in total. The molecule has 31 heavy (non-hydrogen) atoms. The zero-order valence-electron chi connectivity index (χ0n) is 17.9. The topological polar surface area (TPSA) is 72.2 Å². The molecule has 0 N–H and O–H groups in total. The van der Waals surface area contributed by atoms with Gasteiger partial charge in [-0.25, -0.2) is 9.78 Å². The Morgan fingerprint density at radius 3 is 2.65 bits per heavy atom. The number of ether oxygens (including phenoxy) is 2. The maximum absolute atomic E-state index is 13.1. The van der Waals surface area contributed by atoms with Crippen LogP contribution in [0.15, 0.2) is 48.5 Å². The van der Waals surface area contributed by atoms with Gasteiger partial charge in [0.2, 0.25) is 0 Å². The highest BCUT2D eigenvalue weighted by Crippen LogP contribution is 2.39. The molecule has 1 aromatic heterocycles. The lowest BCUT2D eigenvalue weighted by Crippen LogP contribution is -2.21. The molecule has 4 rings (SSSR count). The number of esters is 1. The molecule has 1 aliphatic rings. The van der Waals surface area contributed by atoms with Gasteiger partial charge in [-0.3, -0.25) is 0 Å². The number of rotatable bonds is 4. The molecule has 0 bridgehead atoms. The summed E-state index contributed by atoms with van der Waals surface area (Å²) in [5.74, 6) is 0.682. The largest absolute Gasteiger partial charge is 0.497 e. The summed E-state index contributed by atoms with van der Waals surface area (Å²) < 4.78 is 10.7. The number of hydrogen-bond acceptors (Lipinski definition) is 5. The van der Waals surface area contributed by atoms with Crippen LogP contribution >= 0.6 is 0 Å². The van der Waals surface area contributed by atoms with E-state index in [1.807, 2.05) is 54.6 Å². The van der Waals surface area contributed by atoms with Crippen molar-refractivity contribution in [1.82, 2.24) is 4.98 Å². The quantitative estimate of drug-likeness (QED) is 0.534. The van der Waals surface area contributed by atoms with Crippen molar-refractivity contribution >= 4 is 28.5 Å². The first-order valence-corrected chi connectivity index (χ1v) is 10.4. The second-order valence-electron chi connectivity index (χ2n) is 7.96. The lowest BCUT2D eigenvalue weighted by atomic mass is 9.80. The zero-order chi connectivity index (χ0) is 22.0. The number of pyridine rings is 1. The van der Waals surface area contributed by atoms with Crippen LogP contribution < -0.4 is 4.74 Å². The maximum atomic E-state index is 13.1. The molecule has 0 fully saturated rings. The van der Waals surface area contributed by atoms with Crippen LogP contribution in [0, 0.1) is 17.2 Å². The van der Waals surface area contributed by atoms with Gasteiger partial charge < -0.3 is 9.47 Å². The minimum atomic E-state index is -0.814. The number of carbonyl (C=O) groups excluding carboxylic acids is 1. The lowest BCUT2D eigenvalue weighted by Gasteiger charge is -2.26. The van der Waals surface area contributed by atoms with E-state index in [-0.39, 0.29) is 0 Å². The molecule has 0 radical (unpaired) electrons. The number of methoxy groups -OCH3 is 1. The van der Waals surface area contributed by atoms with Crippen molar-refractivity contribution < 1.29 is 14.3 Å². The van der Waals surface area contributed by atoms with Gasteiger partial charge in [-0.05, 0) is 66.7 Å². The van der Waals surface area contributed by atoms with E-state index in [1.165, 1.54) is 0 Å². The summed E-state index contributed by atoms with van der Waals surface area (Å²) in [4.78, 5) is 18.0. The number of aromatic nitrogens is 1. The average Bonchev–Trinajstić information content (AvgIpc) is 2.78. The van der Waals surface area contributed by atoms with Crippen molar-refractivity contribution in [1.29, 1.82) is 5.26 Å². The first kappa shape index (κ1) is 20.6. The third-order valence-electron chi connectivity index (χ3n) is 5.54. The Hall–Kier alpha value is -3.65. The maximum Gasteiger partial charge on any atom is 0.340 e. The SMILES string of the molecule is COc1ccc(/C=C2\C[C@H](C)Cc3c2nc2ccccc2c3C(=O)O[C@H](C)C#N)cc1. The van der Waals surface area contributed by atoms with E-state index in [0.717, 1.165) is 51.9 Å². The van der Waals surface area contributed by atoms with Gasteiger partial charge in [0.05, 0.1) is 23.9 Å². The summed E-state index contributed by atoms with van der Waals surface area (Å²) in [5, 5.41) is 9.87. The van der Waals surface area contributed by atoms with Crippen LogP contribution in [0.5, 0.6) is 5.75 Å². The number of benzene rings is 2. The van der Waals surface area contributed by atoms with E-state index in [1.54, 1.807) is 14.0 Å². The minimum absolute atomic E-state index is 0.347. The number of nitrogens with zero attached hydrogens (tertiary/aromatic N) is 2. The van der Waals surface area contributed by atoms with Gasteiger partial charge in [-0.2, -0.15) is 5.26 Å². The number of nitriles is 1. The third-order valence-corrected chi connectivity index (χ3v) is 5.54. The van der Waals surface area contributed by atoms with Crippen LogP contribution in [-0.4, -0.2) is 24.2 Å². The normalized spacial score (nSPS) is 17.6. The van der Waals surface area contributed by atoms with Crippen LogP contribution in [0.4, 0.5) is 0 Å². The summed E-state index contributed by atoms with van der Waals surface area (Å²) in [5.41, 5.74) is 5.14. The second kappa shape index (κ2) is 8.61. The van der Waals surface area contributed by atoms with Gasteiger partial charge in [0.1, 0.15) is 11.8 Å². The Morgan fingerprint density at radius 1 is 1.19 bits per heavy atom. The van der Waals surface area contributed by atoms with E-state index >= 15 is 0 Å². The smallest absolute Gasteiger partial charge is 0.340 e. The molecule has 0 saturated heterocycles.